The van der Waals surface area contributed by atoms with E-state index in [2.05, 4.69) is 15.6 Å². The van der Waals surface area contributed by atoms with Crippen LogP contribution in [-0.2, 0) is 0 Å². The van der Waals surface area contributed by atoms with E-state index < -0.39 is 0 Å². The molecule has 3 aromatic rings. The number of hydrogen-bond acceptors (Lipinski definition) is 4. The number of amides is 1. The summed E-state index contributed by atoms with van der Waals surface area (Å²) in [5, 5.41) is 6.22. The minimum absolute atomic E-state index is 0.165. The van der Waals surface area contributed by atoms with Gasteiger partial charge in [0, 0.05) is 37.4 Å². The van der Waals surface area contributed by atoms with Crippen LogP contribution in [0.3, 0.4) is 0 Å². The lowest BCUT2D eigenvalue weighted by molar-refractivity contribution is 0.102. The van der Waals surface area contributed by atoms with Crippen molar-refractivity contribution in [1.29, 1.82) is 0 Å². The molecular formula is C22H24N4O. The monoisotopic (exact) mass is 360 g/mol. The Balaban J connectivity index is 1.68. The molecule has 2 aromatic carbocycles. The largest absolute Gasteiger partial charge is 0.378 e. The molecule has 0 saturated heterocycles. The number of anilines is 4. The lowest BCUT2D eigenvalue weighted by Crippen LogP contribution is -2.14. The molecule has 138 valence electrons. The van der Waals surface area contributed by atoms with E-state index in [1.165, 1.54) is 0 Å². The average Bonchev–Trinajstić information content (AvgIpc) is 2.66. The van der Waals surface area contributed by atoms with Crippen LogP contribution in [0.4, 0.5) is 22.9 Å². The highest BCUT2D eigenvalue weighted by atomic mass is 16.1. The van der Waals surface area contributed by atoms with Crippen LogP contribution in [0.1, 0.15) is 21.5 Å². The first kappa shape index (κ1) is 18.5. The minimum atomic E-state index is -0.165. The van der Waals surface area contributed by atoms with Gasteiger partial charge >= 0.3 is 0 Å². The fourth-order valence-electron chi connectivity index (χ4n) is 2.79. The summed E-state index contributed by atoms with van der Waals surface area (Å²) >= 11 is 0. The Bertz CT molecular complexity index is 911. The van der Waals surface area contributed by atoms with E-state index in [0.29, 0.717) is 11.4 Å². The van der Waals surface area contributed by atoms with Crippen LogP contribution < -0.4 is 15.5 Å². The molecule has 0 fully saturated rings. The van der Waals surface area contributed by atoms with Crippen LogP contribution in [0, 0.1) is 13.8 Å². The van der Waals surface area contributed by atoms with E-state index in [1.807, 2.05) is 75.3 Å². The fraction of sp³-hybridized carbons (Fsp3) is 0.182. The number of benzene rings is 2. The second-order valence-corrected chi connectivity index (χ2v) is 6.72. The van der Waals surface area contributed by atoms with Gasteiger partial charge in [-0.05, 0) is 61.4 Å². The maximum absolute atomic E-state index is 12.5. The summed E-state index contributed by atoms with van der Waals surface area (Å²) in [5.74, 6) is 0.526. The Labute approximate surface area is 160 Å². The van der Waals surface area contributed by atoms with Crippen LogP contribution in [0.15, 0.2) is 60.8 Å². The van der Waals surface area contributed by atoms with Gasteiger partial charge in [-0.25, -0.2) is 4.98 Å². The number of aromatic nitrogens is 1. The lowest BCUT2D eigenvalue weighted by Gasteiger charge is -2.13. The number of para-hydroxylation sites is 1. The van der Waals surface area contributed by atoms with Crippen molar-refractivity contribution in [2.45, 2.75) is 13.8 Å². The molecule has 1 aromatic heterocycles. The molecule has 0 aliphatic rings. The number of rotatable bonds is 5. The van der Waals surface area contributed by atoms with Gasteiger partial charge < -0.3 is 15.5 Å². The number of aryl methyl sites for hydroxylation is 2. The molecule has 1 amide bonds. The minimum Gasteiger partial charge on any atom is -0.378 e. The zero-order valence-electron chi connectivity index (χ0n) is 16.1. The molecule has 0 radical (unpaired) electrons. The van der Waals surface area contributed by atoms with E-state index in [-0.39, 0.29) is 5.91 Å². The van der Waals surface area contributed by atoms with E-state index in [0.717, 1.165) is 28.2 Å². The molecule has 3 rings (SSSR count). The third-order valence-electron chi connectivity index (χ3n) is 4.40. The third kappa shape index (κ3) is 4.44. The summed E-state index contributed by atoms with van der Waals surface area (Å²) in [6.45, 7) is 3.96. The Hall–Kier alpha value is -3.34. The van der Waals surface area contributed by atoms with Crippen molar-refractivity contribution in [3.05, 3.63) is 77.5 Å². The van der Waals surface area contributed by atoms with Gasteiger partial charge in [-0.15, -0.1) is 0 Å². The van der Waals surface area contributed by atoms with Crippen molar-refractivity contribution in [3.63, 3.8) is 0 Å². The predicted octanol–water partition coefficient (Wildman–Crippen LogP) is 4.76. The normalized spacial score (nSPS) is 10.4. The molecule has 5 nitrogen and oxygen atoms in total. The summed E-state index contributed by atoms with van der Waals surface area (Å²) < 4.78 is 0. The first-order valence-electron chi connectivity index (χ1n) is 8.82. The highest BCUT2D eigenvalue weighted by Gasteiger charge is 2.10. The predicted molar refractivity (Wildman–Crippen MR) is 112 cm³/mol. The molecule has 0 spiro atoms. The molecular weight excluding hydrogens is 336 g/mol. The zero-order chi connectivity index (χ0) is 19.4. The maximum Gasteiger partial charge on any atom is 0.257 e. The summed E-state index contributed by atoms with van der Waals surface area (Å²) in [5.41, 5.74) is 5.52. The highest BCUT2D eigenvalue weighted by molar-refractivity contribution is 6.05. The van der Waals surface area contributed by atoms with Gasteiger partial charge in [-0.3, -0.25) is 4.79 Å². The Morgan fingerprint density at radius 1 is 0.926 bits per heavy atom. The van der Waals surface area contributed by atoms with Gasteiger partial charge in [-0.1, -0.05) is 18.2 Å². The molecule has 0 atom stereocenters. The third-order valence-corrected chi connectivity index (χ3v) is 4.40. The van der Waals surface area contributed by atoms with E-state index in [9.17, 15) is 4.79 Å². The number of nitrogens with zero attached hydrogens (tertiary/aromatic N) is 2. The summed E-state index contributed by atoms with van der Waals surface area (Å²) in [6, 6.07) is 17.6. The first-order valence-corrected chi connectivity index (χ1v) is 8.82. The van der Waals surface area contributed by atoms with E-state index in [4.69, 9.17) is 0 Å². The number of pyridine rings is 1. The second kappa shape index (κ2) is 7.91. The molecule has 27 heavy (non-hydrogen) atoms. The number of nitrogens with one attached hydrogen (secondary N) is 2. The highest BCUT2D eigenvalue weighted by Crippen LogP contribution is 2.21. The van der Waals surface area contributed by atoms with Crippen LogP contribution in [-0.4, -0.2) is 25.0 Å². The van der Waals surface area contributed by atoms with Crippen LogP contribution in [0.2, 0.25) is 0 Å². The van der Waals surface area contributed by atoms with Crippen molar-refractivity contribution in [2.24, 2.45) is 0 Å². The van der Waals surface area contributed by atoms with Crippen molar-refractivity contribution in [3.8, 4) is 0 Å². The van der Waals surface area contributed by atoms with Crippen LogP contribution in [0.5, 0.6) is 0 Å². The van der Waals surface area contributed by atoms with Gasteiger partial charge in [0.25, 0.3) is 5.91 Å². The molecule has 0 aliphatic heterocycles. The van der Waals surface area contributed by atoms with Crippen molar-refractivity contribution in [2.75, 3.05) is 29.6 Å². The average molecular weight is 360 g/mol. The standard InChI is InChI=1S/C22H24N4O/c1-15-6-5-7-16(2)21(15)25-22(27)17-8-13-20(23-14-17)24-18-9-11-19(12-10-18)26(3)4/h5-14H,1-4H3,(H,23,24)(H,25,27). The van der Waals surface area contributed by atoms with E-state index in [1.54, 1.807) is 18.3 Å². The first-order chi connectivity index (χ1) is 12.9. The van der Waals surface area contributed by atoms with Gasteiger partial charge in [-0.2, -0.15) is 0 Å². The topological polar surface area (TPSA) is 57.3 Å². The Morgan fingerprint density at radius 3 is 2.15 bits per heavy atom. The fourth-order valence-corrected chi connectivity index (χ4v) is 2.79. The van der Waals surface area contributed by atoms with Gasteiger partial charge in [0.15, 0.2) is 0 Å². The molecule has 1 heterocycles. The smallest absolute Gasteiger partial charge is 0.257 e. The maximum atomic E-state index is 12.5. The van der Waals surface area contributed by atoms with Crippen molar-refractivity contribution >= 4 is 28.8 Å². The molecule has 0 unspecified atom stereocenters. The number of carbonyl (C=O) groups excluding carboxylic acids is 1. The zero-order valence-corrected chi connectivity index (χ0v) is 16.1. The lowest BCUT2D eigenvalue weighted by atomic mass is 10.1. The molecule has 0 aliphatic carbocycles. The SMILES string of the molecule is Cc1cccc(C)c1NC(=O)c1ccc(Nc2ccc(N(C)C)cc2)nc1. The molecule has 0 saturated carbocycles. The van der Waals surface area contributed by atoms with Crippen molar-refractivity contribution in [1.82, 2.24) is 4.98 Å². The second-order valence-electron chi connectivity index (χ2n) is 6.72. The van der Waals surface area contributed by atoms with E-state index >= 15 is 0 Å². The number of carbonyl (C=O) groups is 1. The van der Waals surface area contributed by atoms with Gasteiger partial charge in [0.2, 0.25) is 0 Å². The van der Waals surface area contributed by atoms with Crippen LogP contribution in [0.25, 0.3) is 0 Å². The van der Waals surface area contributed by atoms with Crippen LogP contribution >= 0.6 is 0 Å². The summed E-state index contributed by atoms with van der Waals surface area (Å²) in [7, 11) is 4.01. The molecule has 2 N–H and O–H groups in total. The quantitative estimate of drug-likeness (QED) is 0.689. The molecule has 5 heteroatoms. The Kier molecular flexibility index (Phi) is 5.41. The molecule has 0 bridgehead atoms. The van der Waals surface area contributed by atoms with Crippen molar-refractivity contribution < 1.29 is 4.79 Å². The summed E-state index contributed by atoms with van der Waals surface area (Å²) in [4.78, 5) is 18.9. The number of hydrogen-bond donors (Lipinski definition) is 2. The Morgan fingerprint density at radius 2 is 1.59 bits per heavy atom. The summed E-state index contributed by atoms with van der Waals surface area (Å²) in [6.07, 6.45) is 1.58. The van der Waals surface area contributed by atoms with Gasteiger partial charge in [0.1, 0.15) is 5.82 Å². The van der Waals surface area contributed by atoms with Gasteiger partial charge in [0.05, 0.1) is 5.56 Å².